The molecular weight excluding hydrogens is 194 g/mol. The third-order valence-corrected chi connectivity index (χ3v) is 1.66. The van der Waals surface area contributed by atoms with Crippen molar-refractivity contribution in [2.45, 2.75) is 6.42 Å². The summed E-state index contributed by atoms with van der Waals surface area (Å²) in [4.78, 5) is 10.3. The Bertz CT molecular complexity index is 363. The highest BCUT2D eigenvalue weighted by Gasteiger charge is 2.12. The number of hydrogen-bond donors (Lipinski definition) is 1. The maximum atomic E-state index is 13.0. The van der Waals surface area contributed by atoms with E-state index >= 15 is 0 Å². The molecule has 0 aliphatic carbocycles. The summed E-state index contributed by atoms with van der Waals surface area (Å²) in [5, 5.41) is 8.42. The number of rotatable bonds is 3. The van der Waals surface area contributed by atoms with Gasteiger partial charge in [0.25, 0.3) is 0 Å². The minimum atomic E-state index is -1.18. The molecule has 1 N–H and O–H groups in total. The third-order valence-electron chi connectivity index (χ3n) is 1.66. The third kappa shape index (κ3) is 2.18. The quantitative estimate of drug-likeness (QED) is 0.809. The minimum Gasteiger partial charge on any atom is -0.494 e. The van der Waals surface area contributed by atoms with E-state index in [1.807, 2.05) is 0 Å². The van der Waals surface area contributed by atoms with E-state index in [4.69, 9.17) is 5.11 Å². The molecular formula is C9H8F2O3. The Morgan fingerprint density at radius 3 is 2.57 bits per heavy atom. The lowest BCUT2D eigenvalue weighted by atomic mass is 10.1. The van der Waals surface area contributed by atoms with Crippen molar-refractivity contribution < 1.29 is 23.4 Å². The van der Waals surface area contributed by atoms with Crippen LogP contribution in [-0.4, -0.2) is 18.2 Å². The van der Waals surface area contributed by atoms with Crippen LogP contribution in [0.3, 0.4) is 0 Å². The molecule has 1 aromatic rings. The smallest absolute Gasteiger partial charge is 0.307 e. The van der Waals surface area contributed by atoms with E-state index in [1.54, 1.807) is 0 Å². The van der Waals surface area contributed by atoms with E-state index in [-0.39, 0.29) is 11.3 Å². The summed E-state index contributed by atoms with van der Waals surface area (Å²) in [5.74, 6) is -3.08. The van der Waals surface area contributed by atoms with Crippen LogP contribution in [0.4, 0.5) is 8.78 Å². The van der Waals surface area contributed by atoms with E-state index in [9.17, 15) is 13.6 Å². The van der Waals surface area contributed by atoms with Gasteiger partial charge in [0.2, 0.25) is 0 Å². The molecule has 0 aromatic heterocycles. The number of carboxylic acids is 1. The van der Waals surface area contributed by atoms with Crippen molar-refractivity contribution in [1.82, 2.24) is 0 Å². The molecule has 0 bridgehead atoms. The minimum absolute atomic E-state index is 0.101. The molecule has 0 unspecified atom stereocenters. The van der Waals surface area contributed by atoms with Crippen molar-refractivity contribution in [2.75, 3.05) is 7.11 Å². The highest BCUT2D eigenvalue weighted by Crippen LogP contribution is 2.21. The maximum Gasteiger partial charge on any atom is 0.307 e. The van der Waals surface area contributed by atoms with Crippen LogP contribution < -0.4 is 4.74 Å². The summed E-state index contributed by atoms with van der Waals surface area (Å²) in [6, 6.07) is 1.65. The summed E-state index contributed by atoms with van der Waals surface area (Å²) in [6.07, 6.45) is -0.498. The highest BCUT2D eigenvalue weighted by atomic mass is 19.1. The number of aliphatic carboxylic acids is 1. The van der Waals surface area contributed by atoms with Crippen LogP contribution in [0.2, 0.25) is 0 Å². The zero-order valence-electron chi connectivity index (χ0n) is 7.38. The molecule has 76 valence electrons. The van der Waals surface area contributed by atoms with Gasteiger partial charge in [-0.1, -0.05) is 0 Å². The maximum absolute atomic E-state index is 13.0. The van der Waals surface area contributed by atoms with E-state index in [0.717, 1.165) is 6.07 Å². The highest BCUT2D eigenvalue weighted by molar-refractivity contribution is 5.70. The van der Waals surface area contributed by atoms with Gasteiger partial charge in [-0.15, -0.1) is 0 Å². The Hall–Kier alpha value is -1.65. The van der Waals surface area contributed by atoms with Gasteiger partial charge in [-0.2, -0.15) is 0 Å². The van der Waals surface area contributed by atoms with E-state index in [1.165, 1.54) is 7.11 Å². The molecule has 0 radical (unpaired) electrons. The van der Waals surface area contributed by atoms with Crippen LogP contribution in [0, 0.1) is 11.6 Å². The number of ether oxygens (including phenoxy) is 1. The van der Waals surface area contributed by atoms with Crippen LogP contribution in [0.15, 0.2) is 12.1 Å². The Balaban J connectivity index is 3.10. The molecule has 0 amide bonds. The summed E-state index contributed by atoms with van der Waals surface area (Å²) in [7, 11) is 1.22. The van der Waals surface area contributed by atoms with Crippen LogP contribution in [0.1, 0.15) is 5.56 Å². The second-order valence-corrected chi connectivity index (χ2v) is 2.65. The lowest BCUT2D eigenvalue weighted by molar-refractivity contribution is -0.136. The van der Waals surface area contributed by atoms with Gasteiger partial charge in [-0.3, -0.25) is 4.79 Å². The zero-order valence-corrected chi connectivity index (χ0v) is 7.38. The second-order valence-electron chi connectivity index (χ2n) is 2.65. The molecule has 0 aliphatic heterocycles. The fraction of sp³-hybridized carbons (Fsp3) is 0.222. The average Bonchev–Trinajstić information content (AvgIpc) is 2.09. The molecule has 1 aromatic carbocycles. The molecule has 0 saturated heterocycles. The van der Waals surface area contributed by atoms with Gasteiger partial charge >= 0.3 is 5.97 Å². The predicted molar refractivity (Wildman–Crippen MR) is 44.2 cm³/mol. The zero-order chi connectivity index (χ0) is 10.7. The molecule has 0 atom stereocenters. The van der Waals surface area contributed by atoms with Crippen LogP contribution >= 0.6 is 0 Å². The molecule has 14 heavy (non-hydrogen) atoms. The Labute approximate surface area is 78.9 Å². The number of methoxy groups -OCH3 is 1. The largest absolute Gasteiger partial charge is 0.494 e. The normalized spacial score (nSPS) is 9.93. The van der Waals surface area contributed by atoms with Crippen molar-refractivity contribution in [2.24, 2.45) is 0 Å². The van der Waals surface area contributed by atoms with E-state index < -0.39 is 24.0 Å². The molecule has 0 heterocycles. The predicted octanol–water partition coefficient (Wildman–Crippen LogP) is 1.60. The molecule has 0 saturated carbocycles. The van der Waals surface area contributed by atoms with Crippen molar-refractivity contribution in [3.63, 3.8) is 0 Å². The van der Waals surface area contributed by atoms with Crippen LogP contribution in [0.5, 0.6) is 5.75 Å². The topological polar surface area (TPSA) is 46.5 Å². The van der Waals surface area contributed by atoms with Crippen LogP contribution in [0.25, 0.3) is 0 Å². The number of benzene rings is 1. The Morgan fingerprint density at radius 2 is 2.07 bits per heavy atom. The first kappa shape index (κ1) is 10.4. The lowest BCUT2D eigenvalue weighted by Gasteiger charge is -2.05. The second kappa shape index (κ2) is 4.04. The molecule has 0 spiro atoms. The summed E-state index contributed by atoms with van der Waals surface area (Å²) in [6.45, 7) is 0. The first-order valence-corrected chi connectivity index (χ1v) is 3.78. The fourth-order valence-corrected chi connectivity index (χ4v) is 1.03. The average molecular weight is 202 g/mol. The van der Waals surface area contributed by atoms with Gasteiger partial charge in [0.15, 0.2) is 11.6 Å². The molecule has 0 fully saturated rings. The van der Waals surface area contributed by atoms with E-state index in [0.29, 0.717) is 6.07 Å². The number of carboxylic acid groups (broad SMARTS) is 1. The fourth-order valence-electron chi connectivity index (χ4n) is 1.03. The molecule has 0 aliphatic rings. The van der Waals surface area contributed by atoms with Crippen molar-refractivity contribution in [3.8, 4) is 5.75 Å². The number of hydrogen-bond acceptors (Lipinski definition) is 2. The van der Waals surface area contributed by atoms with Gasteiger partial charge in [-0.05, 0) is 6.07 Å². The first-order valence-electron chi connectivity index (χ1n) is 3.78. The van der Waals surface area contributed by atoms with Crippen molar-refractivity contribution in [3.05, 3.63) is 29.3 Å². The van der Waals surface area contributed by atoms with Crippen molar-refractivity contribution >= 4 is 5.97 Å². The standard InChI is InChI=1S/C9H8F2O3/c1-14-8-2-5(3-9(12)13)6(10)4-7(8)11/h2,4H,3H2,1H3,(H,12,13). The summed E-state index contributed by atoms with van der Waals surface area (Å²) in [5.41, 5.74) is -0.101. The Morgan fingerprint density at radius 1 is 1.43 bits per heavy atom. The van der Waals surface area contributed by atoms with Gasteiger partial charge in [0, 0.05) is 11.6 Å². The number of halogens is 2. The SMILES string of the molecule is COc1cc(CC(=O)O)c(F)cc1F. The first-order chi connectivity index (χ1) is 6.54. The van der Waals surface area contributed by atoms with Gasteiger partial charge < -0.3 is 9.84 Å². The monoisotopic (exact) mass is 202 g/mol. The van der Waals surface area contributed by atoms with Gasteiger partial charge in [0.05, 0.1) is 13.5 Å². The molecule has 1 rings (SSSR count). The van der Waals surface area contributed by atoms with Gasteiger partial charge in [0.1, 0.15) is 5.82 Å². The van der Waals surface area contributed by atoms with Crippen LogP contribution in [-0.2, 0) is 11.2 Å². The summed E-state index contributed by atoms with van der Waals surface area (Å²) < 4.78 is 30.4. The van der Waals surface area contributed by atoms with E-state index in [2.05, 4.69) is 4.74 Å². The lowest BCUT2D eigenvalue weighted by Crippen LogP contribution is -2.03. The molecule has 5 heteroatoms. The Kier molecular flexibility index (Phi) is 3.01. The molecule has 3 nitrogen and oxygen atoms in total. The summed E-state index contributed by atoms with van der Waals surface area (Å²) >= 11 is 0. The number of carbonyl (C=O) groups is 1. The van der Waals surface area contributed by atoms with Crippen molar-refractivity contribution in [1.29, 1.82) is 0 Å². The van der Waals surface area contributed by atoms with Gasteiger partial charge in [-0.25, -0.2) is 8.78 Å².